The van der Waals surface area contributed by atoms with E-state index in [1.807, 2.05) is 5.32 Å². The maximum absolute atomic E-state index is 10.8. The van der Waals surface area contributed by atoms with Crippen LogP contribution in [0.4, 0.5) is 4.79 Å². The van der Waals surface area contributed by atoms with E-state index in [1.54, 1.807) is 0 Å². The number of nitrogens with zero attached hydrogens (tertiary/aromatic N) is 2. The number of urea groups is 1. The van der Waals surface area contributed by atoms with Gasteiger partial charge in [-0.1, -0.05) is 0 Å². The molecular formula is C4H5N5O2. The molecule has 1 aromatic heterocycles. The fourth-order valence-corrected chi connectivity index (χ4v) is 0.487. The summed E-state index contributed by atoms with van der Waals surface area (Å²) >= 11 is 0. The number of aromatic amines is 1. The van der Waals surface area contributed by atoms with E-state index in [0.717, 1.165) is 0 Å². The molecule has 58 valence electrons. The first kappa shape index (κ1) is 7.19. The monoisotopic (exact) mass is 155 g/mol. The maximum atomic E-state index is 10.8. The van der Waals surface area contributed by atoms with Crippen LogP contribution in [0.5, 0.6) is 0 Å². The van der Waals surface area contributed by atoms with Crippen molar-refractivity contribution in [2.24, 2.45) is 5.73 Å². The predicted molar refractivity (Wildman–Crippen MR) is 33.4 cm³/mol. The number of carbonyl (C=O) groups excluding carboxylic acids is 2. The van der Waals surface area contributed by atoms with Gasteiger partial charge >= 0.3 is 6.03 Å². The van der Waals surface area contributed by atoms with Crippen LogP contribution in [-0.4, -0.2) is 27.3 Å². The molecule has 0 fully saturated rings. The molecule has 0 saturated heterocycles. The van der Waals surface area contributed by atoms with Crippen LogP contribution in [0.25, 0.3) is 0 Å². The SMILES string of the molecule is NC(=O)NC(=O)c1cn[nH]n1. The van der Waals surface area contributed by atoms with Crippen LogP contribution >= 0.6 is 0 Å². The van der Waals surface area contributed by atoms with Crippen molar-refractivity contribution in [2.45, 2.75) is 0 Å². The van der Waals surface area contributed by atoms with Crippen molar-refractivity contribution in [3.05, 3.63) is 11.9 Å². The molecule has 1 aromatic rings. The zero-order valence-corrected chi connectivity index (χ0v) is 5.37. The zero-order valence-electron chi connectivity index (χ0n) is 5.37. The number of primary amides is 1. The van der Waals surface area contributed by atoms with Crippen LogP contribution in [0.15, 0.2) is 6.20 Å². The van der Waals surface area contributed by atoms with Crippen LogP contribution < -0.4 is 11.1 Å². The lowest BCUT2D eigenvalue weighted by molar-refractivity contribution is 0.0961. The number of H-pyrrole nitrogens is 1. The van der Waals surface area contributed by atoms with Gasteiger partial charge in [-0.05, 0) is 0 Å². The van der Waals surface area contributed by atoms with E-state index < -0.39 is 11.9 Å². The van der Waals surface area contributed by atoms with Crippen LogP contribution in [-0.2, 0) is 0 Å². The standard InChI is InChI=1S/C4H5N5O2/c5-4(11)7-3(10)2-1-6-9-8-2/h1H,(H,6,8,9)(H3,5,7,10,11). The summed E-state index contributed by atoms with van der Waals surface area (Å²) in [6, 6.07) is -0.919. The number of nitrogens with two attached hydrogens (primary N) is 1. The number of carbonyl (C=O) groups is 2. The molecule has 0 saturated carbocycles. The molecule has 0 atom stereocenters. The van der Waals surface area contributed by atoms with Gasteiger partial charge in [-0.25, -0.2) is 4.79 Å². The predicted octanol–water partition coefficient (Wildman–Crippen LogP) is -1.39. The minimum Gasteiger partial charge on any atom is -0.351 e. The summed E-state index contributed by atoms with van der Waals surface area (Å²) in [5.74, 6) is -0.675. The molecule has 0 bridgehead atoms. The third-order valence-corrected chi connectivity index (χ3v) is 0.884. The van der Waals surface area contributed by atoms with Gasteiger partial charge in [0.1, 0.15) is 0 Å². The summed E-state index contributed by atoms with van der Waals surface area (Å²) < 4.78 is 0. The van der Waals surface area contributed by atoms with E-state index in [0.29, 0.717) is 0 Å². The van der Waals surface area contributed by atoms with Crippen molar-refractivity contribution in [3.8, 4) is 0 Å². The van der Waals surface area contributed by atoms with E-state index in [2.05, 4.69) is 21.1 Å². The average molecular weight is 155 g/mol. The minimum atomic E-state index is -0.919. The first-order valence-electron chi connectivity index (χ1n) is 2.66. The van der Waals surface area contributed by atoms with Crippen LogP contribution in [0.2, 0.25) is 0 Å². The molecule has 0 radical (unpaired) electrons. The highest BCUT2D eigenvalue weighted by atomic mass is 16.2. The van der Waals surface area contributed by atoms with Gasteiger partial charge in [0.15, 0.2) is 5.69 Å². The Morgan fingerprint density at radius 3 is 2.82 bits per heavy atom. The van der Waals surface area contributed by atoms with Gasteiger partial charge in [0, 0.05) is 0 Å². The Morgan fingerprint density at radius 1 is 1.64 bits per heavy atom. The quantitative estimate of drug-likeness (QED) is 0.463. The summed E-state index contributed by atoms with van der Waals surface area (Å²) in [4.78, 5) is 20.9. The van der Waals surface area contributed by atoms with Crippen molar-refractivity contribution < 1.29 is 9.59 Å². The first-order valence-corrected chi connectivity index (χ1v) is 2.66. The number of hydrogen-bond acceptors (Lipinski definition) is 4. The highest BCUT2D eigenvalue weighted by molar-refractivity contribution is 6.02. The van der Waals surface area contributed by atoms with E-state index >= 15 is 0 Å². The molecule has 7 nitrogen and oxygen atoms in total. The lowest BCUT2D eigenvalue weighted by atomic mass is 10.4. The van der Waals surface area contributed by atoms with Crippen LogP contribution in [0.1, 0.15) is 10.5 Å². The Hall–Kier alpha value is -1.92. The summed E-state index contributed by atoms with van der Waals surface area (Å²) in [6.07, 6.45) is 1.18. The third kappa shape index (κ3) is 1.75. The van der Waals surface area contributed by atoms with E-state index in [9.17, 15) is 9.59 Å². The van der Waals surface area contributed by atoms with Gasteiger partial charge in [0.2, 0.25) is 0 Å². The second-order valence-corrected chi connectivity index (χ2v) is 1.67. The van der Waals surface area contributed by atoms with Crippen LogP contribution in [0.3, 0.4) is 0 Å². The Bertz CT molecular complexity index is 266. The molecule has 4 N–H and O–H groups in total. The Kier molecular flexibility index (Phi) is 1.81. The number of nitrogens with one attached hydrogen (secondary N) is 2. The normalized spacial score (nSPS) is 9.09. The fraction of sp³-hybridized carbons (Fsp3) is 0. The van der Waals surface area contributed by atoms with Gasteiger partial charge in [0.05, 0.1) is 6.20 Å². The van der Waals surface area contributed by atoms with Gasteiger partial charge in [-0.2, -0.15) is 15.4 Å². The van der Waals surface area contributed by atoms with E-state index in [-0.39, 0.29) is 5.69 Å². The molecular weight excluding hydrogens is 150 g/mol. The average Bonchev–Trinajstić information content (AvgIpc) is 2.35. The molecule has 7 heteroatoms. The molecule has 0 aliphatic carbocycles. The Labute approximate surface area is 61.0 Å². The highest BCUT2D eigenvalue weighted by Crippen LogP contribution is 1.86. The number of imide groups is 1. The number of rotatable bonds is 1. The van der Waals surface area contributed by atoms with Crippen LogP contribution in [0, 0.1) is 0 Å². The Balaban J connectivity index is 2.64. The van der Waals surface area contributed by atoms with Crippen molar-refractivity contribution in [1.82, 2.24) is 20.7 Å². The van der Waals surface area contributed by atoms with Crippen molar-refractivity contribution >= 4 is 11.9 Å². The molecule has 0 unspecified atom stereocenters. The van der Waals surface area contributed by atoms with E-state index in [1.165, 1.54) is 6.20 Å². The molecule has 11 heavy (non-hydrogen) atoms. The lowest BCUT2D eigenvalue weighted by Gasteiger charge is -1.93. The summed E-state index contributed by atoms with van der Waals surface area (Å²) in [5.41, 5.74) is 4.69. The molecule has 0 spiro atoms. The van der Waals surface area contributed by atoms with Gasteiger partial charge < -0.3 is 5.73 Å². The smallest absolute Gasteiger partial charge is 0.319 e. The molecule has 1 heterocycles. The number of hydrogen-bond donors (Lipinski definition) is 3. The lowest BCUT2D eigenvalue weighted by Crippen LogP contribution is -2.35. The van der Waals surface area contributed by atoms with Crippen molar-refractivity contribution in [3.63, 3.8) is 0 Å². The molecule has 3 amide bonds. The van der Waals surface area contributed by atoms with Gasteiger partial charge in [-0.3, -0.25) is 10.1 Å². The van der Waals surface area contributed by atoms with Gasteiger partial charge in [0.25, 0.3) is 5.91 Å². The fourth-order valence-electron chi connectivity index (χ4n) is 0.487. The highest BCUT2D eigenvalue weighted by Gasteiger charge is 2.09. The molecule has 0 aliphatic heterocycles. The number of amides is 3. The minimum absolute atomic E-state index is 0.0174. The van der Waals surface area contributed by atoms with Gasteiger partial charge in [-0.15, -0.1) is 0 Å². The first-order chi connectivity index (χ1) is 5.20. The largest absolute Gasteiger partial charge is 0.351 e. The molecule has 0 aromatic carbocycles. The van der Waals surface area contributed by atoms with Crippen molar-refractivity contribution in [2.75, 3.05) is 0 Å². The zero-order chi connectivity index (χ0) is 8.27. The molecule has 0 aliphatic rings. The summed E-state index contributed by atoms with van der Waals surface area (Å²) in [6.45, 7) is 0. The van der Waals surface area contributed by atoms with E-state index in [4.69, 9.17) is 0 Å². The number of aromatic nitrogens is 3. The summed E-state index contributed by atoms with van der Waals surface area (Å²) in [7, 11) is 0. The summed E-state index contributed by atoms with van der Waals surface area (Å²) in [5, 5.41) is 10.8. The maximum Gasteiger partial charge on any atom is 0.319 e. The topological polar surface area (TPSA) is 114 Å². The second-order valence-electron chi connectivity index (χ2n) is 1.67. The Morgan fingerprint density at radius 2 is 2.36 bits per heavy atom. The third-order valence-electron chi connectivity index (χ3n) is 0.884. The molecule has 1 rings (SSSR count). The van der Waals surface area contributed by atoms with Crippen molar-refractivity contribution in [1.29, 1.82) is 0 Å². The second kappa shape index (κ2) is 2.78.